The molecule has 0 aromatic carbocycles. The molecular formula is C17H20N4O3. The molecule has 24 heavy (non-hydrogen) atoms. The number of furan rings is 1. The molecule has 1 aliphatic rings. The lowest BCUT2D eigenvalue weighted by Gasteiger charge is -2.31. The van der Waals surface area contributed by atoms with E-state index in [0.29, 0.717) is 22.8 Å². The summed E-state index contributed by atoms with van der Waals surface area (Å²) < 4.78 is 8.41. The van der Waals surface area contributed by atoms with Crippen molar-refractivity contribution < 1.29 is 9.21 Å². The number of fused-ring (bicyclic) bond motifs is 3. The largest absolute Gasteiger partial charge is 0.463 e. The number of rotatable bonds is 2. The van der Waals surface area contributed by atoms with Crippen LogP contribution in [0.25, 0.3) is 16.6 Å². The number of amides is 1. The molecule has 0 radical (unpaired) electrons. The molecule has 4 rings (SSSR count). The molecule has 4 heterocycles. The quantitative estimate of drug-likeness (QED) is 0.719. The molecule has 0 aliphatic carbocycles. The Hall–Kier alpha value is -2.57. The molecule has 1 saturated heterocycles. The molecule has 7 heteroatoms. The van der Waals surface area contributed by atoms with E-state index in [9.17, 15) is 9.59 Å². The van der Waals surface area contributed by atoms with Gasteiger partial charge in [0, 0.05) is 25.2 Å². The van der Waals surface area contributed by atoms with Gasteiger partial charge in [-0.15, -0.1) is 0 Å². The van der Waals surface area contributed by atoms with Crippen LogP contribution in [0.3, 0.4) is 0 Å². The van der Waals surface area contributed by atoms with Crippen molar-refractivity contribution in [3.8, 4) is 0 Å². The molecule has 0 bridgehead atoms. The Kier molecular flexibility index (Phi) is 3.44. The van der Waals surface area contributed by atoms with Gasteiger partial charge in [0.05, 0.1) is 11.8 Å². The van der Waals surface area contributed by atoms with E-state index in [1.165, 1.54) is 4.68 Å². The van der Waals surface area contributed by atoms with Crippen molar-refractivity contribution in [3.63, 3.8) is 0 Å². The van der Waals surface area contributed by atoms with Crippen molar-refractivity contribution in [2.75, 3.05) is 13.1 Å². The smallest absolute Gasteiger partial charge is 0.291 e. The standard InChI is InChI=1S/C17H20N4O3/c1-11-4-3-6-19(9-11)16(22)10-20-17(23)14-8-15-13(5-7-24-15)21(14)12(2)18-20/h5,7-8,11H,3-4,6,9-10H2,1-2H3/t11-/m0/s1. The summed E-state index contributed by atoms with van der Waals surface area (Å²) in [5.74, 6) is 1.12. The van der Waals surface area contributed by atoms with Gasteiger partial charge in [-0.3, -0.25) is 14.0 Å². The molecular weight excluding hydrogens is 308 g/mol. The maximum atomic E-state index is 12.7. The minimum atomic E-state index is -0.273. The number of likely N-dealkylation sites (tertiary alicyclic amines) is 1. The maximum Gasteiger partial charge on any atom is 0.291 e. The summed E-state index contributed by atoms with van der Waals surface area (Å²) in [7, 11) is 0. The Morgan fingerprint density at radius 1 is 1.42 bits per heavy atom. The third-order valence-electron chi connectivity index (χ3n) is 4.76. The highest BCUT2D eigenvalue weighted by molar-refractivity contribution is 5.82. The second-order valence-corrected chi connectivity index (χ2v) is 6.63. The van der Waals surface area contributed by atoms with Gasteiger partial charge in [-0.1, -0.05) is 6.92 Å². The lowest BCUT2D eigenvalue weighted by Crippen LogP contribution is -2.42. The zero-order valence-corrected chi connectivity index (χ0v) is 13.9. The lowest BCUT2D eigenvalue weighted by atomic mass is 10.0. The van der Waals surface area contributed by atoms with Gasteiger partial charge in [0.1, 0.15) is 17.9 Å². The van der Waals surface area contributed by atoms with Crippen molar-refractivity contribution in [1.29, 1.82) is 0 Å². The molecule has 0 saturated carbocycles. The van der Waals surface area contributed by atoms with Crippen LogP contribution in [0.15, 0.2) is 27.6 Å². The predicted molar refractivity (Wildman–Crippen MR) is 88.9 cm³/mol. The first-order valence-corrected chi connectivity index (χ1v) is 8.29. The van der Waals surface area contributed by atoms with E-state index in [2.05, 4.69) is 12.0 Å². The molecule has 7 nitrogen and oxygen atoms in total. The van der Waals surface area contributed by atoms with Crippen LogP contribution in [0.2, 0.25) is 0 Å². The van der Waals surface area contributed by atoms with Crippen molar-refractivity contribution in [1.82, 2.24) is 19.1 Å². The van der Waals surface area contributed by atoms with Gasteiger partial charge in [-0.05, 0) is 25.7 Å². The molecule has 0 spiro atoms. The van der Waals surface area contributed by atoms with E-state index >= 15 is 0 Å². The Morgan fingerprint density at radius 2 is 2.25 bits per heavy atom. The highest BCUT2D eigenvalue weighted by Crippen LogP contribution is 2.20. The van der Waals surface area contributed by atoms with Crippen LogP contribution >= 0.6 is 0 Å². The molecule has 0 N–H and O–H groups in total. The number of carbonyl (C=O) groups is 1. The monoisotopic (exact) mass is 328 g/mol. The van der Waals surface area contributed by atoms with Crippen molar-refractivity contribution in [2.45, 2.75) is 33.2 Å². The number of piperidine rings is 1. The number of carbonyl (C=O) groups excluding carboxylic acids is 1. The average molecular weight is 328 g/mol. The highest BCUT2D eigenvalue weighted by atomic mass is 16.3. The zero-order chi connectivity index (χ0) is 16.8. The predicted octanol–water partition coefficient (Wildman–Crippen LogP) is 1.81. The van der Waals surface area contributed by atoms with Gasteiger partial charge in [0.2, 0.25) is 5.91 Å². The first kappa shape index (κ1) is 15.0. The van der Waals surface area contributed by atoms with Crippen LogP contribution in [0.5, 0.6) is 0 Å². The minimum Gasteiger partial charge on any atom is -0.463 e. The fourth-order valence-corrected chi connectivity index (χ4v) is 3.58. The summed E-state index contributed by atoms with van der Waals surface area (Å²) in [6, 6.07) is 3.51. The number of nitrogens with zero attached hydrogens (tertiary/aromatic N) is 4. The summed E-state index contributed by atoms with van der Waals surface area (Å²) in [5, 5.41) is 4.33. The highest BCUT2D eigenvalue weighted by Gasteiger charge is 2.22. The molecule has 3 aromatic rings. The zero-order valence-electron chi connectivity index (χ0n) is 13.9. The van der Waals surface area contributed by atoms with Crippen LogP contribution in [-0.2, 0) is 11.3 Å². The summed E-state index contributed by atoms with van der Waals surface area (Å²) in [6.07, 6.45) is 3.75. The van der Waals surface area contributed by atoms with Crippen LogP contribution in [0.1, 0.15) is 25.6 Å². The van der Waals surface area contributed by atoms with Gasteiger partial charge in [-0.25, -0.2) is 4.68 Å². The average Bonchev–Trinajstić information content (AvgIpc) is 3.13. The summed E-state index contributed by atoms with van der Waals surface area (Å²) in [4.78, 5) is 27.1. The fourth-order valence-electron chi connectivity index (χ4n) is 3.58. The van der Waals surface area contributed by atoms with E-state index in [1.54, 1.807) is 22.8 Å². The second-order valence-electron chi connectivity index (χ2n) is 6.63. The Bertz CT molecular complexity index is 981. The number of aromatic nitrogens is 3. The summed E-state index contributed by atoms with van der Waals surface area (Å²) in [5.41, 5.74) is 1.67. The molecule has 1 atom stereocenters. The summed E-state index contributed by atoms with van der Waals surface area (Å²) >= 11 is 0. The molecule has 1 amide bonds. The molecule has 126 valence electrons. The van der Waals surface area contributed by atoms with Crippen molar-refractivity contribution in [2.24, 2.45) is 5.92 Å². The van der Waals surface area contributed by atoms with Crippen LogP contribution in [0.4, 0.5) is 0 Å². The lowest BCUT2D eigenvalue weighted by molar-refractivity contribution is -0.133. The third kappa shape index (κ3) is 2.31. The van der Waals surface area contributed by atoms with E-state index in [-0.39, 0.29) is 18.0 Å². The first-order chi connectivity index (χ1) is 11.5. The third-order valence-corrected chi connectivity index (χ3v) is 4.76. The SMILES string of the molecule is Cc1nn(CC(=O)N2CCC[C@H](C)C2)c(=O)c2cc3occc3n12. The number of aryl methyl sites for hydroxylation is 1. The van der Waals surface area contributed by atoms with E-state index in [4.69, 9.17) is 4.42 Å². The van der Waals surface area contributed by atoms with Crippen LogP contribution < -0.4 is 5.56 Å². The number of hydrogen-bond donors (Lipinski definition) is 0. The first-order valence-electron chi connectivity index (χ1n) is 8.29. The van der Waals surface area contributed by atoms with Gasteiger partial charge in [0.15, 0.2) is 5.58 Å². The van der Waals surface area contributed by atoms with E-state index in [0.717, 1.165) is 31.4 Å². The molecule has 1 fully saturated rings. The van der Waals surface area contributed by atoms with Gasteiger partial charge in [0.25, 0.3) is 5.56 Å². The second kappa shape index (κ2) is 5.51. The Morgan fingerprint density at radius 3 is 3.04 bits per heavy atom. The minimum absolute atomic E-state index is 0.0184. The van der Waals surface area contributed by atoms with Gasteiger partial charge in [-0.2, -0.15) is 5.10 Å². The molecule has 1 aliphatic heterocycles. The summed E-state index contributed by atoms with van der Waals surface area (Å²) in [6.45, 7) is 5.47. The molecule has 3 aromatic heterocycles. The Labute approximate surface area is 138 Å². The maximum absolute atomic E-state index is 12.7. The van der Waals surface area contributed by atoms with Crippen LogP contribution in [-0.4, -0.2) is 38.1 Å². The van der Waals surface area contributed by atoms with Crippen molar-refractivity contribution >= 4 is 22.5 Å². The van der Waals surface area contributed by atoms with Gasteiger partial charge >= 0.3 is 0 Å². The van der Waals surface area contributed by atoms with E-state index < -0.39 is 0 Å². The Balaban J connectivity index is 1.70. The van der Waals surface area contributed by atoms with Crippen molar-refractivity contribution in [3.05, 3.63) is 34.6 Å². The fraction of sp³-hybridized carbons (Fsp3) is 0.471. The topological polar surface area (TPSA) is 72.8 Å². The van der Waals surface area contributed by atoms with Gasteiger partial charge < -0.3 is 9.32 Å². The molecule has 0 unspecified atom stereocenters. The van der Waals surface area contributed by atoms with Crippen LogP contribution in [0, 0.1) is 12.8 Å². The van der Waals surface area contributed by atoms with E-state index in [1.807, 2.05) is 11.8 Å². The number of hydrogen-bond acceptors (Lipinski definition) is 4. The normalized spacial score (nSPS) is 18.6.